The van der Waals surface area contributed by atoms with Crippen molar-refractivity contribution < 1.29 is 4.74 Å². The summed E-state index contributed by atoms with van der Waals surface area (Å²) < 4.78 is 6.36. The number of aromatic nitrogens is 2. The summed E-state index contributed by atoms with van der Waals surface area (Å²) in [6.07, 6.45) is 1.79. The van der Waals surface area contributed by atoms with Crippen LogP contribution >= 0.6 is 15.9 Å². The van der Waals surface area contributed by atoms with Gasteiger partial charge in [-0.05, 0) is 46.6 Å². The van der Waals surface area contributed by atoms with Crippen molar-refractivity contribution in [3.63, 3.8) is 0 Å². The van der Waals surface area contributed by atoms with Gasteiger partial charge in [0.2, 0.25) is 5.88 Å². The van der Waals surface area contributed by atoms with Crippen molar-refractivity contribution in [2.45, 2.75) is 19.8 Å². The Kier molecular flexibility index (Phi) is 4.48. The van der Waals surface area contributed by atoms with Crippen molar-refractivity contribution in [1.29, 1.82) is 5.26 Å². The maximum atomic E-state index is 8.73. The van der Waals surface area contributed by atoms with Gasteiger partial charge in [-0.25, -0.2) is 4.98 Å². The van der Waals surface area contributed by atoms with Crippen LogP contribution in [-0.4, -0.2) is 9.97 Å². The first-order valence-corrected chi connectivity index (χ1v) is 6.72. The average molecular weight is 318 g/mol. The number of aryl methyl sites for hydroxylation is 1. The molecular weight excluding hydrogens is 306 g/mol. The zero-order valence-electron chi connectivity index (χ0n) is 10.4. The van der Waals surface area contributed by atoms with Crippen molar-refractivity contribution in [2.24, 2.45) is 0 Å². The van der Waals surface area contributed by atoms with Crippen LogP contribution in [0.15, 0.2) is 34.9 Å². The summed E-state index contributed by atoms with van der Waals surface area (Å²) in [7, 11) is 0. The Morgan fingerprint density at radius 2 is 2.00 bits per heavy atom. The van der Waals surface area contributed by atoms with Crippen LogP contribution in [0.1, 0.15) is 24.7 Å². The van der Waals surface area contributed by atoms with E-state index in [2.05, 4.69) is 38.9 Å². The predicted molar refractivity (Wildman–Crippen MR) is 75.0 cm³/mol. The van der Waals surface area contributed by atoms with Crippen LogP contribution in [0.4, 0.5) is 0 Å². The number of halogens is 1. The number of ether oxygens (including phenoxy) is 1. The van der Waals surface area contributed by atoms with Gasteiger partial charge in [0.05, 0.1) is 11.6 Å². The van der Waals surface area contributed by atoms with E-state index in [0.717, 1.165) is 18.7 Å². The zero-order chi connectivity index (χ0) is 13.7. The van der Waals surface area contributed by atoms with Crippen LogP contribution in [0.25, 0.3) is 0 Å². The van der Waals surface area contributed by atoms with Crippen LogP contribution in [-0.2, 0) is 6.42 Å². The van der Waals surface area contributed by atoms with E-state index < -0.39 is 0 Å². The number of hydrogen-bond acceptors (Lipinski definition) is 4. The van der Waals surface area contributed by atoms with E-state index in [1.807, 2.05) is 0 Å². The number of benzene rings is 1. The molecule has 0 aliphatic carbocycles. The first kappa shape index (κ1) is 13.5. The van der Waals surface area contributed by atoms with Gasteiger partial charge in [-0.2, -0.15) is 10.2 Å². The zero-order valence-corrected chi connectivity index (χ0v) is 12.0. The molecule has 2 aromatic rings. The minimum absolute atomic E-state index is 0.495. The molecule has 0 spiro atoms. The maximum absolute atomic E-state index is 8.73. The normalized spacial score (nSPS) is 9.95. The van der Waals surface area contributed by atoms with Crippen molar-refractivity contribution in [3.05, 3.63) is 46.3 Å². The number of hydrogen-bond donors (Lipinski definition) is 0. The average Bonchev–Trinajstić information content (AvgIpc) is 2.39. The summed E-state index contributed by atoms with van der Waals surface area (Å²) in [6, 6.07) is 10.7. The summed E-state index contributed by atoms with van der Waals surface area (Å²) in [5, 5.41) is 8.73. The van der Waals surface area contributed by atoms with Gasteiger partial charge in [-0.3, -0.25) is 0 Å². The van der Waals surface area contributed by atoms with Crippen molar-refractivity contribution in [2.75, 3.05) is 0 Å². The van der Waals surface area contributed by atoms with Crippen LogP contribution in [0, 0.1) is 11.3 Å². The molecule has 1 aromatic carbocycles. The predicted octanol–water partition coefficient (Wildman–Crippen LogP) is 3.86. The van der Waals surface area contributed by atoms with E-state index in [1.165, 1.54) is 0 Å². The van der Waals surface area contributed by atoms with Gasteiger partial charge in [0.1, 0.15) is 16.2 Å². The Morgan fingerprint density at radius 3 is 2.63 bits per heavy atom. The first-order chi connectivity index (χ1) is 9.21. The molecule has 1 heterocycles. The Morgan fingerprint density at radius 1 is 1.26 bits per heavy atom. The molecule has 0 amide bonds. The standard InChI is InChI=1S/C14H12BrN3O/c1-2-3-13-17-12(15)8-14(18-13)19-11-6-4-10(9-16)5-7-11/h4-8H,2-3H2,1H3. The fourth-order valence-electron chi connectivity index (χ4n) is 1.55. The largest absolute Gasteiger partial charge is 0.439 e. The van der Waals surface area contributed by atoms with E-state index in [0.29, 0.717) is 21.8 Å². The van der Waals surface area contributed by atoms with E-state index >= 15 is 0 Å². The molecular formula is C14H12BrN3O. The molecule has 0 aliphatic heterocycles. The fraction of sp³-hybridized carbons (Fsp3) is 0.214. The summed E-state index contributed by atoms with van der Waals surface area (Å²) in [5.41, 5.74) is 0.600. The second-order valence-electron chi connectivity index (χ2n) is 3.93. The molecule has 0 saturated carbocycles. The Hall–Kier alpha value is -1.93. The van der Waals surface area contributed by atoms with Crippen molar-refractivity contribution >= 4 is 15.9 Å². The second-order valence-corrected chi connectivity index (χ2v) is 4.75. The SMILES string of the molecule is CCCc1nc(Br)cc(Oc2ccc(C#N)cc2)n1. The molecule has 96 valence electrons. The number of nitrogens with zero attached hydrogens (tertiary/aromatic N) is 3. The Bertz CT molecular complexity index is 605. The van der Waals surface area contributed by atoms with Gasteiger partial charge in [0, 0.05) is 12.5 Å². The van der Waals surface area contributed by atoms with Crippen LogP contribution in [0.3, 0.4) is 0 Å². The summed E-state index contributed by atoms with van der Waals surface area (Å²) >= 11 is 3.34. The molecule has 0 saturated heterocycles. The van der Waals surface area contributed by atoms with Crippen molar-refractivity contribution in [3.8, 4) is 17.7 Å². The molecule has 0 unspecified atom stereocenters. The molecule has 1 aromatic heterocycles. The maximum Gasteiger partial charge on any atom is 0.223 e. The lowest BCUT2D eigenvalue weighted by molar-refractivity contribution is 0.457. The first-order valence-electron chi connectivity index (χ1n) is 5.92. The van der Waals surface area contributed by atoms with Gasteiger partial charge in [-0.1, -0.05) is 6.92 Å². The molecule has 5 heteroatoms. The Balaban J connectivity index is 2.20. The minimum atomic E-state index is 0.495. The lowest BCUT2D eigenvalue weighted by Crippen LogP contribution is -1.97. The van der Waals surface area contributed by atoms with Gasteiger partial charge in [0.25, 0.3) is 0 Å². The van der Waals surface area contributed by atoms with E-state index in [9.17, 15) is 0 Å². The molecule has 0 radical (unpaired) electrons. The minimum Gasteiger partial charge on any atom is -0.439 e. The third-order valence-corrected chi connectivity index (χ3v) is 2.80. The Labute approximate surface area is 120 Å². The van der Waals surface area contributed by atoms with Gasteiger partial charge in [-0.15, -0.1) is 0 Å². The lowest BCUT2D eigenvalue weighted by Gasteiger charge is -2.06. The number of rotatable bonds is 4. The number of nitriles is 1. The molecule has 0 bridgehead atoms. The highest BCUT2D eigenvalue weighted by atomic mass is 79.9. The molecule has 0 N–H and O–H groups in total. The molecule has 19 heavy (non-hydrogen) atoms. The van der Waals surface area contributed by atoms with Gasteiger partial charge < -0.3 is 4.74 Å². The van der Waals surface area contributed by atoms with Gasteiger partial charge >= 0.3 is 0 Å². The molecule has 2 rings (SSSR count). The lowest BCUT2D eigenvalue weighted by atomic mass is 10.2. The topological polar surface area (TPSA) is 58.8 Å². The smallest absolute Gasteiger partial charge is 0.223 e. The van der Waals surface area contributed by atoms with E-state index in [4.69, 9.17) is 10.00 Å². The third kappa shape index (κ3) is 3.76. The summed E-state index contributed by atoms with van der Waals surface area (Å²) in [4.78, 5) is 8.61. The second kappa shape index (κ2) is 6.30. The monoisotopic (exact) mass is 317 g/mol. The van der Waals surface area contributed by atoms with Crippen LogP contribution < -0.4 is 4.74 Å². The molecule has 0 atom stereocenters. The highest BCUT2D eigenvalue weighted by Crippen LogP contribution is 2.22. The molecule has 0 fully saturated rings. The molecule has 4 nitrogen and oxygen atoms in total. The highest BCUT2D eigenvalue weighted by Gasteiger charge is 2.05. The van der Waals surface area contributed by atoms with E-state index in [1.54, 1.807) is 30.3 Å². The third-order valence-electron chi connectivity index (χ3n) is 2.40. The molecule has 0 aliphatic rings. The van der Waals surface area contributed by atoms with Crippen molar-refractivity contribution in [1.82, 2.24) is 9.97 Å². The van der Waals surface area contributed by atoms with E-state index in [-0.39, 0.29) is 0 Å². The summed E-state index contributed by atoms with van der Waals surface area (Å²) in [6.45, 7) is 2.07. The van der Waals surface area contributed by atoms with Crippen LogP contribution in [0.2, 0.25) is 0 Å². The quantitative estimate of drug-likeness (QED) is 0.803. The fourth-order valence-corrected chi connectivity index (χ4v) is 1.95. The highest BCUT2D eigenvalue weighted by molar-refractivity contribution is 9.10. The van der Waals surface area contributed by atoms with Crippen LogP contribution in [0.5, 0.6) is 11.6 Å². The summed E-state index contributed by atoms with van der Waals surface area (Å²) in [5.74, 6) is 1.89. The van der Waals surface area contributed by atoms with Gasteiger partial charge in [0.15, 0.2) is 0 Å².